The Morgan fingerprint density at radius 3 is 3.00 bits per heavy atom. The smallest absolute Gasteiger partial charge is 0.407 e. The van der Waals surface area contributed by atoms with Gasteiger partial charge in [0.05, 0.1) is 0 Å². The summed E-state index contributed by atoms with van der Waals surface area (Å²) >= 11 is 0. The maximum absolute atomic E-state index is 11.1. The monoisotopic (exact) mass is 194 g/mol. The van der Waals surface area contributed by atoms with E-state index >= 15 is 0 Å². The Hall–Kier alpha value is -1.51. The molecular weight excluding hydrogens is 178 g/mol. The Balaban J connectivity index is 2.17. The van der Waals surface area contributed by atoms with Crippen LogP contribution < -0.4 is 5.32 Å². The first-order chi connectivity index (χ1) is 7.33. The number of benzene rings is 1. The molecule has 0 heterocycles. The molecule has 0 spiro atoms. The van der Waals surface area contributed by atoms with Crippen LogP contribution in [0.5, 0.6) is 0 Å². The van der Waals surface area contributed by atoms with E-state index in [1.54, 1.807) is 0 Å². The van der Waals surface area contributed by atoms with Gasteiger partial charge in [-0.05, 0) is 12.0 Å². The molecule has 1 aromatic rings. The SMILES string of the molecule is [2H]CCCNC(=O)OCc1ccccc1. The molecule has 0 fully saturated rings. The molecule has 3 nitrogen and oxygen atoms in total. The van der Waals surface area contributed by atoms with Gasteiger partial charge < -0.3 is 10.1 Å². The summed E-state index contributed by atoms with van der Waals surface area (Å²) in [4.78, 5) is 11.1. The number of rotatable bonds is 4. The van der Waals surface area contributed by atoms with E-state index in [0.29, 0.717) is 19.9 Å². The van der Waals surface area contributed by atoms with E-state index in [2.05, 4.69) is 5.32 Å². The second kappa shape index (κ2) is 6.02. The lowest BCUT2D eigenvalue weighted by molar-refractivity contribution is 0.139. The number of alkyl carbamates (subject to hydrolysis) is 1. The Kier molecular flexibility index (Phi) is 3.90. The predicted octanol–water partition coefficient (Wildman–Crippen LogP) is 2.32. The number of carbonyl (C=O) groups excluding carboxylic acids is 1. The van der Waals surface area contributed by atoms with Crippen LogP contribution in [0.3, 0.4) is 0 Å². The zero-order valence-electron chi connectivity index (χ0n) is 9.03. The molecule has 3 heteroatoms. The van der Waals surface area contributed by atoms with E-state index in [9.17, 15) is 4.79 Å². The summed E-state index contributed by atoms with van der Waals surface area (Å²) in [6, 6.07) is 9.51. The summed E-state index contributed by atoms with van der Waals surface area (Å²) in [5.41, 5.74) is 0.966. The first-order valence-corrected chi connectivity index (χ1v) is 4.56. The third-order valence-corrected chi connectivity index (χ3v) is 1.66. The Morgan fingerprint density at radius 2 is 2.29 bits per heavy atom. The molecule has 76 valence electrons. The van der Waals surface area contributed by atoms with Crippen molar-refractivity contribution in [2.45, 2.75) is 19.9 Å². The van der Waals surface area contributed by atoms with Crippen LogP contribution in [0.15, 0.2) is 30.3 Å². The first-order valence-electron chi connectivity index (χ1n) is 5.27. The van der Waals surface area contributed by atoms with E-state index in [1.165, 1.54) is 0 Å². The maximum Gasteiger partial charge on any atom is 0.407 e. The van der Waals surface area contributed by atoms with Crippen LogP contribution in [0, 0.1) is 0 Å². The van der Waals surface area contributed by atoms with Crippen molar-refractivity contribution in [2.75, 3.05) is 6.54 Å². The fourth-order valence-corrected chi connectivity index (χ4v) is 0.965. The van der Waals surface area contributed by atoms with Crippen molar-refractivity contribution in [3.8, 4) is 0 Å². The average Bonchev–Trinajstić information content (AvgIpc) is 2.28. The molecule has 0 saturated heterocycles. The van der Waals surface area contributed by atoms with Crippen LogP contribution in [0.25, 0.3) is 0 Å². The van der Waals surface area contributed by atoms with E-state index in [0.717, 1.165) is 5.56 Å². The molecule has 0 aliphatic rings. The molecule has 1 amide bonds. The molecule has 1 aromatic carbocycles. The number of hydrogen-bond acceptors (Lipinski definition) is 2. The van der Waals surface area contributed by atoms with Gasteiger partial charge in [-0.1, -0.05) is 37.2 Å². The lowest BCUT2D eigenvalue weighted by Crippen LogP contribution is -2.24. The quantitative estimate of drug-likeness (QED) is 0.747. The molecule has 0 saturated carbocycles. The highest BCUT2D eigenvalue weighted by Crippen LogP contribution is 2.00. The van der Waals surface area contributed by atoms with Crippen LogP contribution in [0.1, 0.15) is 20.3 Å². The molecule has 1 rings (SSSR count). The second-order valence-electron chi connectivity index (χ2n) is 2.84. The third kappa shape index (κ3) is 3.94. The summed E-state index contributed by atoms with van der Waals surface area (Å²) < 4.78 is 11.9. The minimum Gasteiger partial charge on any atom is -0.445 e. The summed E-state index contributed by atoms with van der Waals surface area (Å²) in [6.45, 7) is 1.10. The van der Waals surface area contributed by atoms with Crippen molar-refractivity contribution in [3.63, 3.8) is 0 Å². The van der Waals surface area contributed by atoms with Crippen LogP contribution in [0.4, 0.5) is 4.79 Å². The van der Waals surface area contributed by atoms with Crippen molar-refractivity contribution in [1.82, 2.24) is 5.32 Å². The Morgan fingerprint density at radius 1 is 1.50 bits per heavy atom. The molecule has 0 aromatic heterocycles. The van der Waals surface area contributed by atoms with Crippen molar-refractivity contribution < 1.29 is 10.9 Å². The molecule has 14 heavy (non-hydrogen) atoms. The van der Waals surface area contributed by atoms with E-state index in [1.807, 2.05) is 30.3 Å². The van der Waals surface area contributed by atoms with Crippen molar-refractivity contribution >= 4 is 6.09 Å². The van der Waals surface area contributed by atoms with E-state index < -0.39 is 6.09 Å². The van der Waals surface area contributed by atoms with Gasteiger partial charge in [0.1, 0.15) is 6.61 Å². The molecule has 0 aliphatic heterocycles. The highest BCUT2D eigenvalue weighted by atomic mass is 16.5. The van der Waals surface area contributed by atoms with Crippen LogP contribution in [-0.4, -0.2) is 12.6 Å². The number of nitrogens with one attached hydrogen (secondary N) is 1. The normalized spacial score (nSPS) is 10.4. The lowest BCUT2D eigenvalue weighted by atomic mass is 10.2. The number of amides is 1. The fourth-order valence-electron chi connectivity index (χ4n) is 0.965. The Bertz CT molecular complexity index is 290. The minimum absolute atomic E-state index is 0.285. The van der Waals surface area contributed by atoms with Crippen LogP contribution in [-0.2, 0) is 11.3 Å². The predicted molar refractivity (Wildman–Crippen MR) is 54.9 cm³/mol. The largest absolute Gasteiger partial charge is 0.445 e. The van der Waals surface area contributed by atoms with Crippen molar-refractivity contribution in [1.29, 1.82) is 0 Å². The topological polar surface area (TPSA) is 38.3 Å². The average molecular weight is 194 g/mol. The zero-order valence-corrected chi connectivity index (χ0v) is 8.03. The fraction of sp³-hybridized carbons (Fsp3) is 0.364. The highest BCUT2D eigenvalue weighted by Gasteiger charge is 1.99. The van der Waals surface area contributed by atoms with Crippen molar-refractivity contribution in [3.05, 3.63) is 35.9 Å². The molecule has 0 bridgehead atoms. The first kappa shape index (κ1) is 9.06. The third-order valence-electron chi connectivity index (χ3n) is 1.66. The number of carbonyl (C=O) groups is 1. The molecule has 1 N–H and O–H groups in total. The van der Waals surface area contributed by atoms with Gasteiger partial charge in [-0.15, -0.1) is 0 Å². The van der Waals surface area contributed by atoms with Gasteiger partial charge >= 0.3 is 6.09 Å². The number of ether oxygens (including phenoxy) is 1. The van der Waals surface area contributed by atoms with E-state index in [4.69, 9.17) is 6.11 Å². The van der Waals surface area contributed by atoms with Gasteiger partial charge in [0.25, 0.3) is 0 Å². The zero-order chi connectivity index (χ0) is 10.9. The lowest BCUT2D eigenvalue weighted by Gasteiger charge is -2.05. The minimum atomic E-state index is -0.424. The second-order valence-corrected chi connectivity index (χ2v) is 2.84. The van der Waals surface area contributed by atoms with E-state index in [-0.39, 0.29) is 6.61 Å². The molecule has 0 unspecified atom stereocenters. The summed E-state index contributed by atoms with van der Waals surface area (Å²) in [6.07, 6.45) is 0.229. The summed E-state index contributed by atoms with van der Waals surface area (Å²) in [5.74, 6) is 0. The molecule has 0 atom stereocenters. The van der Waals surface area contributed by atoms with Gasteiger partial charge in [0, 0.05) is 7.92 Å². The number of hydrogen-bond donors (Lipinski definition) is 1. The summed E-state index contributed by atoms with van der Waals surface area (Å²) in [5, 5.41) is 2.57. The van der Waals surface area contributed by atoms with Crippen LogP contribution in [0.2, 0.25) is 0 Å². The Labute approximate surface area is 85.5 Å². The molecule has 0 aliphatic carbocycles. The van der Waals surface area contributed by atoms with Gasteiger partial charge in [-0.3, -0.25) is 0 Å². The van der Waals surface area contributed by atoms with Crippen molar-refractivity contribution in [2.24, 2.45) is 0 Å². The maximum atomic E-state index is 11.1. The molecular formula is C11H15NO2. The summed E-state index contributed by atoms with van der Waals surface area (Å²) in [7, 11) is 0. The van der Waals surface area contributed by atoms with Gasteiger partial charge in [0.15, 0.2) is 0 Å². The van der Waals surface area contributed by atoms with Crippen LogP contribution >= 0.6 is 0 Å². The van der Waals surface area contributed by atoms with Gasteiger partial charge in [-0.2, -0.15) is 0 Å². The van der Waals surface area contributed by atoms with Gasteiger partial charge in [0.2, 0.25) is 0 Å². The standard InChI is InChI=1S/C11H15NO2/c1-2-8-12-11(13)14-9-10-6-4-3-5-7-10/h3-7H,2,8-9H2,1H3,(H,12,13)/i1D. The van der Waals surface area contributed by atoms with Gasteiger partial charge in [-0.25, -0.2) is 4.79 Å². The molecule has 0 radical (unpaired) electrons. The highest BCUT2D eigenvalue weighted by molar-refractivity contribution is 5.67.